The summed E-state index contributed by atoms with van der Waals surface area (Å²) in [4.78, 5) is 25.3. The summed E-state index contributed by atoms with van der Waals surface area (Å²) in [5, 5.41) is 8.65. The first-order valence-corrected chi connectivity index (χ1v) is 9.30. The number of carbonyl (C=O) groups is 2. The van der Waals surface area contributed by atoms with Gasteiger partial charge in [-0.25, -0.2) is 4.39 Å². The number of primary amides is 1. The molecule has 1 saturated heterocycles. The van der Waals surface area contributed by atoms with Crippen LogP contribution in [-0.2, 0) is 16.6 Å². The third kappa shape index (κ3) is 3.87. The Morgan fingerprint density at radius 1 is 1.27 bits per heavy atom. The van der Waals surface area contributed by atoms with Crippen LogP contribution in [0.4, 0.5) is 4.39 Å². The van der Waals surface area contributed by atoms with Crippen LogP contribution in [0, 0.1) is 11.7 Å². The Bertz CT molecular complexity index is 817. The molecule has 0 saturated carbocycles. The highest BCUT2D eigenvalue weighted by Crippen LogP contribution is 2.25. The molecule has 1 aliphatic rings. The van der Waals surface area contributed by atoms with Gasteiger partial charge < -0.3 is 15.2 Å². The molecule has 0 unspecified atom stereocenters. The molecule has 1 fully saturated rings. The Balaban J connectivity index is 1.60. The van der Waals surface area contributed by atoms with E-state index in [2.05, 4.69) is 10.2 Å². The number of nitrogens with two attached hydrogens (primary N) is 1. The van der Waals surface area contributed by atoms with E-state index in [9.17, 15) is 14.0 Å². The van der Waals surface area contributed by atoms with Gasteiger partial charge in [0.25, 0.3) is 0 Å². The van der Waals surface area contributed by atoms with Crippen LogP contribution in [0.25, 0.3) is 11.4 Å². The Kier molecular flexibility index (Phi) is 5.55. The van der Waals surface area contributed by atoms with Crippen LogP contribution in [0.3, 0.4) is 0 Å². The van der Waals surface area contributed by atoms with Crippen molar-refractivity contribution in [2.45, 2.75) is 18.0 Å². The van der Waals surface area contributed by atoms with E-state index in [1.807, 2.05) is 0 Å². The van der Waals surface area contributed by atoms with E-state index in [-0.39, 0.29) is 29.3 Å². The second kappa shape index (κ2) is 7.86. The van der Waals surface area contributed by atoms with Gasteiger partial charge in [0.2, 0.25) is 11.8 Å². The van der Waals surface area contributed by atoms with Crippen molar-refractivity contribution in [1.82, 2.24) is 19.7 Å². The van der Waals surface area contributed by atoms with Crippen molar-refractivity contribution in [2.75, 3.05) is 18.8 Å². The van der Waals surface area contributed by atoms with Gasteiger partial charge in [0.1, 0.15) is 5.82 Å². The van der Waals surface area contributed by atoms with Crippen LogP contribution >= 0.6 is 11.8 Å². The fourth-order valence-corrected chi connectivity index (χ4v) is 3.76. The molecule has 2 heterocycles. The monoisotopic (exact) mass is 377 g/mol. The van der Waals surface area contributed by atoms with Crippen LogP contribution < -0.4 is 5.73 Å². The molecule has 1 aliphatic heterocycles. The van der Waals surface area contributed by atoms with Gasteiger partial charge in [-0.1, -0.05) is 23.9 Å². The van der Waals surface area contributed by atoms with E-state index in [1.165, 1.54) is 17.8 Å². The predicted molar refractivity (Wildman–Crippen MR) is 95.6 cm³/mol. The lowest BCUT2D eigenvalue weighted by atomic mass is 9.96. The maximum Gasteiger partial charge on any atom is 0.233 e. The second-order valence-electron chi connectivity index (χ2n) is 6.19. The molecule has 26 heavy (non-hydrogen) atoms. The van der Waals surface area contributed by atoms with E-state index in [1.54, 1.807) is 34.7 Å². The van der Waals surface area contributed by atoms with Gasteiger partial charge in [0.05, 0.1) is 11.3 Å². The smallest absolute Gasteiger partial charge is 0.233 e. The van der Waals surface area contributed by atoms with Crippen LogP contribution in [0.1, 0.15) is 12.8 Å². The summed E-state index contributed by atoms with van der Waals surface area (Å²) in [7, 11) is 1.74. The minimum atomic E-state index is -0.368. The average Bonchev–Trinajstić information content (AvgIpc) is 3.00. The summed E-state index contributed by atoms with van der Waals surface area (Å²) < 4.78 is 15.6. The molecule has 0 spiro atoms. The number of rotatable bonds is 5. The topological polar surface area (TPSA) is 94.1 Å². The van der Waals surface area contributed by atoms with E-state index in [0.29, 0.717) is 42.5 Å². The number of aromatic nitrogens is 3. The Morgan fingerprint density at radius 3 is 2.62 bits per heavy atom. The SMILES string of the molecule is Cn1c(SCC(=O)N2CCC(C(N)=O)CC2)nnc1-c1ccccc1F. The molecule has 0 radical (unpaired) electrons. The molecule has 2 amide bonds. The van der Waals surface area contributed by atoms with Gasteiger partial charge in [-0.2, -0.15) is 0 Å². The lowest BCUT2D eigenvalue weighted by molar-refractivity contribution is -0.132. The minimum Gasteiger partial charge on any atom is -0.369 e. The first-order chi connectivity index (χ1) is 12.5. The summed E-state index contributed by atoms with van der Waals surface area (Å²) in [6.07, 6.45) is 1.21. The maximum absolute atomic E-state index is 13.9. The Hall–Kier alpha value is -2.42. The molecule has 0 bridgehead atoms. The Labute approximate surface area is 154 Å². The fourth-order valence-electron chi connectivity index (χ4n) is 2.95. The van der Waals surface area contributed by atoms with E-state index >= 15 is 0 Å². The van der Waals surface area contributed by atoms with Gasteiger partial charge in [-0.15, -0.1) is 10.2 Å². The number of likely N-dealkylation sites (tertiary alicyclic amines) is 1. The molecule has 0 aliphatic carbocycles. The lowest BCUT2D eigenvalue weighted by Crippen LogP contribution is -2.42. The van der Waals surface area contributed by atoms with Crippen molar-refractivity contribution in [1.29, 1.82) is 0 Å². The number of thioether (sulfide) groups is 1. The highest BCUT2D eigenvalue weighted by Gasteiger charge is 2.26. The van der Waals surface area contributed by atoms with E-state index in [0.717, 1.165) is 0 Å². The van der Waals surface area contributed by atoms with Gasteiger partial charge in [-0.05, 0) is 25.0 Å². The van der Waals surface area contributed by atoms with Crippen molar-refractivity contribution >= 4 is 23.6 Å². The van der Waals surface area contributed by atoms with Crippen LogP contribution in [0.15, 0.2) is 29.4 Å². The molecular weight excluding hydrogens is 357 g/mol. The number of hydrogen-bond acceptors (Lipinski definition) is 5. The van der Waals surface area contributed by atoms with Crippen LogP contribution in [-0.4, -0.2) is 50.3 Å². The zero-order chi connectivity index (χ0) is 18.7. The minimum absolute atomic E-state index is 0.0200. The zero-order valence-electron chi connectivity index (χ0n) is 14.4. The number of hydrogen-bond donors (Lipinski definition) is 1. The molecule has 9 heteroatoms. The van der Waals surface area contributed by atoms with Crippen molar-refractivity contribution in [3.05, 3.63) is 30.1 Å². The third-order valence-electron chi connectivity index (χ3n) is 4.52. The number of piperidine rings is 1. The van der Waals surface area contributed by atoms with Crippen molar-refractivity contribution < 1.29 is 14.0 Å². The summed E-state index contributed by atoms with van der Waals surface area (Å²) in [6, 6.07) is 6.36. The average molecular weight is 377 g/mol. The quantitative estimate of drug-likeness (QED) is 0.796. The largest absolute Gasteiger partial charge is 0.369 e. The van der Waals surface area contributed by atoms with E-state index in [4.69, 9.17) is 5.73 Å². The van der Waals surface area contributed by atoms with Crippen molar-refractivity contribution in [3.8, 4) is 11.4 Å². The van der Waals surface area contributed by atoms with Gasteiger partial charge in [-0.3, -0.25) is 9.59 Å². The maximum atomic E-state index is 13.9. The molecule has 7 nitrogen and oxygen atoms in total. The summed E-state index contributed by atoms with van der Waals surface area (Å²) >= 11 is 1.26. The van der Waals surface area contributed by atoms with Gasteiger partial charge >= 0.3 is 0 Å². The van der Waals surface area contributed by atoms with Crippen LogP contribution in [0.5, 0.6) is 0 Å². The van der Waals surface area contributed by atoms with Gasteiger partial charge in [0, 0.05) is 26.1 Å². The molecule has 0 atom stereocenters. The van der Waals surface area contributed by atoms with Crippen molar-refractivity contribution in [2.24, 2.45) is 18.7 Å². The molecule has 1 aromatic carbocycles. The summed E-state index contributed by atoms with van der Waals surface area (Å²) in [5.74, 6) is -0.202. The van der Waals surface area contributed by atoms with Crippen molar-refractivity contribution in [3.63, 3.8) is 0 Å². The Morgan fingerprint density at radius 2 is 1.96 bits per heavy atom. The number of amides is 2. The summed E-state index contributed by atoms with van der Waals surface area (Å²) in [6.45, 7) is 1.07. The molecule has 138 valence electrons. The molecule has 2 aromatic rings. The summed E-state index contributed by atoms with van der Waals surface area (Å²) in [5.41, 5.74) is 5.68. The van der Waals surface area contributed by atoms with Gasteiger partial charge in [0.15, 0.2) is 11.0 Å². The van der Waals surface area contributed by atoms with Crippen LogP contribution in [0.2, 0.25) is 0 Å². The first-order valence-electron chi connectivity index (χ1n) is 8.31. The normalized spacial score (nSPS) is 15.2. The highest BCUT2D eigenvalue weighted by molar-refractivity contribution is 7.99. The lowest BCUT2D eigenvalue weighted by Gasteiger charge is -2.30. The standard InChI is InChI=1S/C17H20FN5O2S/c1-22-16(12-4-2-3-5-13(12)18)20-21-17(22)26-10-14(24)23-8-6-11(7-9-23)15(19)25/h2-5,11H,6-10H2,1H3,(H2,19,25). The van der Waals surface area contributed by atoms with E-state index < -0.39 is 0 Å². The number of halogens is 1. The molecule has 3 rings (SSSR count). The fraction of sp³-hybridized carbons (Fsp3) is 0.412. The first kappa shape index (κ1) is 18.4. The number of carbonyl (C=O) groups excluding carboxylic acids is 2. The predicted octanol–water partition coefficient (Wildman–Crippen LogP) is 1.44. The molecule has 2 N–H and O–H groups in total. The number of benzene rings is 1. The molecular formula is C17H20FN5O2S. The third-order valence-corrected chi connectivity index (χ3v) is 5.53. The zero-order valence-corrected chi connectivity index (χ0v) is 15.2. The highest BCUT2D eigenvalue weighted by atomic mass is 32.2. The molecule has 1 aromatic heterocycles. The second-order valence-corrected chi connectivity index (χ2v) is 7.13. The number of nitrogens with zero attached hydrogens (tertiary/aromatic N) is 4.